The van der Waals surface area contributed by atoms with Crippen molar-refractivity contribution in [1.82, 2.24) is 9.80 Å². The zero-order chi connectivity index (χ0) is 48.6. The SMILES string of the molecule is CCCCCCCC(=O)N(CCCN(C)C)C(CCCCCCCCC(=O)COC(CCCCCC)CCCCCC)CCCCCCCCC(=O)OC(CCCCCC)CCCCCC. The summed E-state index contributed by atoms with van der Waals surface area (Å²) in [5.41, 5.74) is 0. The fraction of sp³-hybridized carbons (Fsp3) is 0.949. The second-order valence-corrected chi connectivity index (χ2v) is 20.9. The Morgan fingerprint density at radius 2 is 0.742 bits per heavy atom. The molecule has 66 heavy (non-hydrogen) atoms. The topological polar surface area (TPSA) is 76.2 Å². The molecule has 0 rings (SSSR count). The van der Waals surface area contributed by atoms with E-state index in [-0.39, 0.29) is 24.0 Å². The fourth-order valence-electron chi connectivity index (χ4n) is 9.61. The molecule has 0 aromatic carbocycles. The number of esters is 1. The van der Waals surface area contributed by atoms with Crippen LogP contribution in [0.3, 0.4) is 0 Å². The summed E-state index contributed by atoms with van der Waals surface area (Å²) in [4.78, 5) is 44.1. The molecule has 392 valence electrons. The average Bonchev–Trinajstić information content (AvgIpc) is 3.30. The van der Waals surface area contributed by atoms with E-state index >= 15 is 0 Å². The lowest BCUT2D eigenvalue weighted by Gasteiger charge is -2.33. The van der Waals surface area contributed by atoms with Crippen LogP contribution < -0.4 is 0 Å². The maximum absolute atomic E-state index is 13.9. The Bertz CT molecular complexity index is 1030. The molecule has 0 aromatic rings. The van der Waals surface area contributed by atoms with Crippen LogP contribution in [0.2, 0.25) is 0 Å². The molecular formula is C59H116N2O5. The van der Waals surface area contributed by atoms with Crippen molar-refractivity contribution in [3.8, 4) is 0 Å². The zero-order valence-corrected chi connectivity index (χ0v) is 45.7. The summed E-state index contributed by atoms with van der Waals surface area (Å²) in [5, 5.41) is 0. The number of hydrogen-bond donors (Lipinski definition) is 0. The summed E-state index contributed by atoms with van der Waals surface area (Å²) in [6.45, 7) is 13.4. The molecule has 0 aliphatic heterocycles. The van der Waals surface area contributed by atoms with Crippen LogP contribution in [0.1, 0.15) is 311 Å². The first kappa shape index (κ1) is 64.5. The Labute approximate surface area is 412 Å². The lowest BCUT2D eigenvalue weighted by Crippen LogP contribution is -2.41. The summed E-state index contributed by atoms with van der Waals surface area (Å²) < 4.78 is 12.2. The smallest absolute Gasteiger partial charge is 0.306 e. The number of amides is 1. The third-order valence-electron chi connectivity index (χ3n) is 14.0. The minimum Gasteiger partial charge on any atom is -0.462 e. The van der Waals surface area contributed by atoms with Gasteiger partial charge >= 0.3 is 5.97 Å². The molecule has 1 unspecified atom stereocenters. The van der Waals surface area contributed by atoms with Crippen LogP contribution in [0.25, 0.3) is 0 Å². The number of Topliss-reactive ketones (excluding diaryl/α,β-unsaturated/α-hetero) is 1. The lowest BCUT2D eigenvalue weighted by atomic mass is 9.97. The van der Waals surface area contributed by atoms with Gasteiger partial charge < -0.3 is 19.3 Å². The predicted molar refractivity (Wildman–Crippen MR) is 286 cm³/mol. The minimum absolute atomic E-state index is 0.0128. The van der Waals surface area contributed by atoms with Crippen molar-refractivity contribution >= 4 is 17.7 Å². The highest BCUT2D eigenvalue weighted by Gasteiger charge is 2.23. The molecule has 0 aliphatic rings. The predicted octanol–water partition coefficient (Wildman–Crippen LogP) is 17.5. The van der Waals surface area contributed by atoms with Crippen molar-refractivity contribution in [3.63, 3.8) is 0 Å². The Morgan fingerprint density at radius 3 is 1.20 bits per heavy atom. The Hall–Kier alpha value is -1.47. The van der Waals surface area contributed by atoms with Gasteiger partial charge in [0.05, 0.1) is 6.10 Å². The molecule has 0 heterocycles. The summed E-state index contributed by atoms with van der Waals surface area (Å²) in [7, 11) is 4.27. The van der Waals surface area contributed by atoms with Gasteiger partial charge in [0, 0.05) is 31.8 Å². The van der Waals surface area contributed by atoms with Crippen LogP contribution in [-0.2, 0) is 23.9 Å². The quantitative estimate of drug-likeness (QED) is 0.0447. The number of carbonyl (C=O) groups is 3. The molecule has 0 fully saturated rings. The third-order valence-corrected chi connectivity index (χ3v) is 14.0. The second kappa shape index (κ2) is 49.9. The maximum atomic E-state index is 13.9. The maximum Gasteiger partial charge on any atom is 0.306 e. The number of hydrogen-bond acceptors (Lipinski definition) is 6. The van der Waals surface area contributed by atoms with Crippen molar-refractivity contribution < 1.29 is 23.9 Å². The van der Waals surface area contributed by atoms with Crippen LogP contribution in [0.15, 0.2) is 0 Å². The van der Waals surface area contributed by atoms with Crippen molar-refractivity contribution in [1.29, 1.82) is 0 Å². The zero-order valence-electron chi connectivity index (χ0n) is 45.7. The fourth-order valence-corrected chi connectivity index (χ4v) is 9.61. The van der Waals surface area contributed by atoms with E-state index in [2.05, 4.69) is 58.5 Å². The van der Waals surface area contributed by atoms with Crippen LogP contribution in [0, 0.1) is 0 Å². The van der Waals surface area contributed by atoms with Gasteiger partial charge in [-0.25, -0.2) is 0 Å². The van der Waals surface area contributed by atoms with E-state index in [0.29, 0.717) is 37.8 Å². The third kappa shape index (κ3) is 42.6. The number of ketones is 1. The standard InChI is InChI=1S/C59H116N2O5/c1-8-13-18-27-39-49-58(63)61(52-41-51-60(6)7)54(43-33-29-24-26-31-40-50-59(64)66-57(47-37-21-16-11-4)48-38-22-17-12-5)42-32-28-23-25-30-34-44-55(62)53-65-56(45-35-19-14-9-2)46-36-20-15-10-3/h54,56-57H,8-53H2,1-7H3. The molecule has 0 N–H and O–H groups in total. The monoisotopic (exact) mass is 933 g/mol. The summed E-state index contributed by atoms with van der Waals surface area (Å²) in [5.74, 6) is 0.664. The van der Waals surface area contributed by atoms with Crippen molar-refractivity contribution in [3.05, 3.63) is 0 Å². The van der Waals surface area contributed by atoms with Crippen molar-refractivity contribution in [2.45, 2.75) is 329 Å². The molecule has 0 bridgehead atoms. The first-order valence-electron chi connectivity index (χ1n) is 29.5. The van der Waals surface area contributed by atoms with Crippen LogP contribution in [-0.4, -0.2) is 79.5 Å². The summed E-state index contributed by atoms with van der Waals surface area (Å²) in [6, 6.07) is 0.321. The molecule has 7 nitrogen and oxygen atoms in total. The van der Waals surface area contributed by atoms with Crippen LogP contribution >= 0.6 is 0 Å². The molecule has 0 radical (unpaired) electrons. The van der Waals surface area contributed by atoms with E-state index in [1.807, 2.05) is 0 Å². The van der Waals surface area contributed by atoms with Gasteiger partial charge in [0.1, 0.15) is 12.7 Å². The molecule has 0 saturated heterocycles. The number of unbranched alkanes of at least 4 members (excludes halogenated alkanes) is 26. The van der Waals surface area contributed by atoms with Crippen molar-refractivity contribution in [2.75, 3.05) is 33.8 Å². The summed E-state index contributed by atoms with van der Waals surface area (Å²) >= 11 is 0. The highest BCUT2D eigenvalue weighted by Crippen LogP contribution is 2.23. The molecule has 0 saturated carbocycles. The average molecular weight is 934 g/mol. The molecular weight excluding hydrogens is 817 g/mol. The molecule has 0 spiro atoms. The Morgan fingerprint density at radius 1 is 0.379 bits per heavy atom. The Balaban J connectivity index is 5.00. The number of ether oxygens (including phenoxy) is 2. The number of nitrogens with zero attached hydrogens (tertiary/aromatic N) is 2. The summed E-state index contributed by atoms with van der Waals surface area (Å²) in [6.07, 6.45) is 49.0. The Kier molecular flexibility index (Phi) is 48.8. The van der Waals surface area contributed by atoms with E-state index in [4.69, 9.17) is 9.47 Å². The minimum atomic E-state index is 0.0128. The highest BCUT2D eigenvalue weighted by atomic mass is 16.5. The van der Waals surface area contributed by atoms with E-state index in [9.17, 15) is 14.4 Å². The van der Waals surface area contributed by atoms with Gasteiger partial charge in [0.15, 0.2) is 5.78 Å². The van der Waals surface area contributed by atoms with Crippen LogP contribution in [0.4, 0.5) is 0 Å². The lowest BCUT2D eigenvalue weighted by molar-refractivity contribution is -0.150. The van der Waals surface area contributed by atoms with Gasteiger partial charge in [-0.1, -0.05) is 214 Å². The van der Waals surface area contributed by atoms with E-state index in [1.165, 1.54) is 154 Å². The van der Waals surface area contributed by atoms with Gasteiger partial charge in [0.2, 0.25) is 5.91 Å². The molecule has 1 atom stereocenters. The first-order valence-corrected chi connectivity index (χ1v) is 29.5. The van der Waals surface area contributed by atoms with Gasteiger partial charge in [-0.15, -0.1) is 0 Å². The number of carbonyl (C=O) groups excluding carboxylic acids is 3. The number of rotatable bonds is 53. The van der Waals surface area contributed by atoms with Gasteiger partial charge in [-0.2, -0.15) is 0 Å². The van der Waals surface area contributed by atoms with Gasteiger partial charge in [-0.05, 0) is 97.7 Å². The van der Waals surface area contributed by atoms with E-state index in [0.717, 1.165) is 116 Å². The molecule has 0 aliphatic carbocycles. The van der Waals surface area contributed by atoms with E-state index < -0.39 is 0 Å². The van der Waals surface area contributed by atoms with Gasteiger partial charge in [0.25, 0.3) is 0 Å². The molecule has 0 aromatic heterocycles. The first-order chi connectivity index (χ1) is 32.2. The largest absolute Gasteiger partial charge is 0.462 e. The normalized spacial score (nSPS) is 12.2. The molecule has 1 amide bonds. The second-order valence-electron chi connectivity index (χ2n) is 20.9. The molecule has 7 heteroatoms. The van der Waals surface area contributed by atoms with E-state index in [1.54, 1.807) is 0 Å². The highest BCUT2D eigenvalue weighted by molar-refractivity contribution is 5.79. The van der Waals surface area contributed by atoms with Crippen LogP contribution in [0.5, 0.6) is 0 Å². The van der Waals surface area contributed by atoms with Gasteiger partial charge in [-0.3, -0.25) is 14.4 Å². The van der Waals surface area contributed by atoms with Crippen molar-refractivity contribution in [2.24, 2.45) is 0 Å².